The van der Waals surface area contributed by atoms with Crippen LogP contribution in [0.4, 0.5) is 5.82 Å². The van der Waals surface area contributed by atoms with Gasteiger partial charge in [0.2, 0.25) is 5.91 Å². The summed E-state index contributed by atoms with van der Waals surface area (Å²) in [4.78, 5) is 27.3. The fraction of sp³-hybridized carbons (Fsp3) is 0.250. The molecule has 7 heteroatoms. The average Bonchev–Trinajstić information content (AvgIpc) is 3.27. The second-order valence-electron chi connectivity index (χ2n) is 9.55. The van der Waals surface area contributed by atoms with Crippen LogP contribution in [0, 0.1) is 0 Å². The van der Waals surface area contributed by atoms with Crippen molar-refractivity contribution >= 4 is 28.4 Å². The molecule has 0 atom stereocenters. The van der Waals surface area contributed by atoms with E-state index in [9.17, 15) is 9.59 Å². The number of nitrogens with zero attached hydrogens (tertiary/aromatic N) is 3. The van der Waals surface area contributed by atoms with E-state index in [-0.39, 0.29) is 23.8 Å². The van der Waals surface area contributed by atoms with Gasteiger partial charge < -0.3 is 15.0 Å². The molecule has 180 valence electrons. The van der Waals surface area contributed by atoms with E-state index < -0.39 is 0 Å². The first-order valence-electron chi connectivity index (χ1n) is 11.4. The fourth-order valence-electron chi connectivity index (χ4n) is 3.77. The Hall–Kier alpha value is -4.13. The van der Waals surface area contributed by atoms with Crippen LogP contribution in [-0.2, 0) is 10.2 Å². The second kappa shape index (κ2) is 9.62. The van der Waals surface area contributed by atoms with Crippen molar-refractivity contribution in [2.24, 2.45) is 0 Å². The van der Waals surface area contributed by atoms with E-state index in [0.717, 1.165) is 27.9 Å². The minimum absolute atomic E-state index is 0.0930. The van der Waals surface area contributed by atoms with E-state index in [1.54, 1.807) is 24.9 Å². The zero-order valence-corrected chi connectivity index (χ0v) is 20.7. The lowest BCUT2D eigenvalue weighted by atomic mass is 9.92. The highest BCUT2D eigenvalue weighted by Crippen LogP contribution is 2.27. The van der Waals surface area contributed by atoms with Crippen molar-refractivity contribution in [3.05, 3.63) is 84.1 Å². The van der Waals surface area contributed by atoms with Crippen molar-refractivity contribution in [2.75, 3.05) is 26.0 Å². The smallest absolute Gasteiger partial charge is 0.254 e. The summed E-state index contributed by atoms with van der Waals surface area (Å²) in [5.74, 6) is 0.745. The van der Waals surface area contributed by atoms with Crippen LogP contribution in [0.3, 0.4) is 0 Å². The monoisotopic (exact) mass is 470 g/mol. The molecule has 0 bridgehead atoms. The van der Waals surface area contributed by atoms with Gasteiger partial charge in [-0.15, -0.1) is 0 Å². The molecule has 0 fully saturated rings. The molecular weight excluding hydrogens is 440 g/mol. The molecule has 1 N–H and O–H groups in total. The van der Waals surface area contributed by atoms with Gasteiger partial charge in [-0.1, -0.05) is 51.1 Å². The largest absolute Gasteiger partial charge is 0.497 e. The molecule has 0 saturated carbocycles. The number of hydrogen-bond donors (Lipinski definition) is 1. The van der Waals surface area contributed by atoms with Crippen molar-refractivity contribution in [2.45, 2.75) is 26.2 Å². The number of hydrogen-bond acceptors (Lipinski definition) is 4. The first-order valence-corrected chi connectivity index (χ1v) is 11.4. The summed E-state index contributed by atoms with van der Waals surface area (Å²) >= 11 is 0. The third-order valence-corrected chi connectivity index (χ3v) is 5.79. The lowest BCUT2D eigenvalue weighted by Crippen LogP contribution is -2.35. The Morgan fingerprint density at radius 2 is 1.66 bits per heavy atom. The Morgan fingerprint density at radius 3 is 2.31 bits per heavy atom. The van der Waals surface area contributed by atoms with E-state index in [1.165, 1.54) is 4.90 Å². The number of amides is 2. The molecule has 2 amide bonds. The van der Waals surface area contributed by atoms with Gasteiger partial charge in [0.05, 0.1) is 25.0 Å². The molecule has 4 rings (SSSR count). The first-order chi connectivity index (χ1) is 16.7. The minimum atomic E-state index is -0.309. The molecule has 0 radical (unpaired) electrons. The number of methoxy groups -OCH3 is 1. The van der Waals surface area contributed by atoms with Gasteiger partial charge >= 0.3 is 0 Å². The Balaban J connectivity index is 1.53. The van der Waals surface area contributed by atoms with Crippen molar-refractivity contribution < 1.29 is 14.3 Å². The summed E-state index contributed by atoms with van der Waals surface area (Å²) in [5.41, 5.74) is 1.96. The number of rotatable bonds is 6. The molecule has 0 spiro atoms. The van der Waals surface area contributed by atoms with Crippen molar-refractivity contribution in [1.82, 2.24) is 14.7 Å². The van der Waals surface area contributed by atoms with Crippen LogP contribution in [-0.4, -0.2) is 47.2 Å². The fourth-order valence-corrected chi connectivity index (χ4v) is 3.77. The zero-order chi connectivity index (χ0) is 25.2. The molecule has 0 unspecified atom stereocenters. The SMILES string of the molecule is COc1ccc(-n2nc(C(C)(C)C)cc2NC(=O)CN(C)C(=O)c2ccc3ccccc3c2)cc1. The summed E-state index contributed by atoms with van der Waals surface area (Å²) < 4.78 is 6.95. The van der Waals surface area contributed by atoms with E-state index in [0.29, 0.717) is 11.4 Å². The first kappa shape index (κ1) is 24.0. The lowest BCUT2D eigenvalue weighted by molar-refractivity contribution is -0.116. The maximum atomic E-state index is 13.0. The number of carbonyl (C=O) groups is 2. The topological polar surface area (TPSA) is 76.5 Å². The van der Waals surface area contributed by atoms with Gasteiger partial charge in [0, 0.05) is 24.1 Å². The van der Waals surface area contributed by atoms with Gasteiger partial charge in [0.25, 0.3) is 5.91 Å². The molecule has 0 aliphatic heterocycles. The third kappa shape index (κ3) is 5.35. The molecule has 0 saturated heterocycles. The highest BCUT2D eigenvalue weighted by molar-refractivity contribution is 6.01. The van der Waals surface area contributed by atoms with Crippen molar-refractivity contribution in [3.8, 4) is 11.4 Å². The number of fused-ring (bicyclic) bond motifs is 1. The summed E-state index contributed by atoms with van der Waals surface area (Å²) in [7, 11) is 3.24. The number of aromatic nitrogens is 2. The Labute approximate surface area is 205 Å². The quantitative estimate of drug-likeness (QED) is 0.428. The van der Waals surface area contributed by atoms with Crippen LogP contribution >= 0.6 is 0 Å². The van der Waals surface area contributed by atoms with Gasteiger partial charge in [0.1, 0.15) is 11.6 Å². The molecule has 1 aromatic heterocycles. The highest BCUT2D eigenvalue weighted by atomic mass is 16.5. The summed E-state index contributed by atoms with van der Waals surface area (Å²) in [5, 5.41) is 9.71. The van der Waals surface area contributed by atoms with E-state index in [4.69, 9.17) is 9.84 Å². The molecule has 7 nitrogen and oxygen atoms in total. The molecule has 3 aromatic carbocycles. The van der Waals surface area contributed by atoms with E-state index in [2.05, 4.69) is 26.1 Å². The van der Waals surface area contributed by atoms with Crippen molar-refractivity contribution in [1.29, 1.82) is 0 Å². The lowest BCUT2D eigenvalue weighted by Gasteiger charge is -2.17. The van der Waals surface area contributed by atoms with Crippen LogP contribution in [0.5, 0.6) is 5.75 Å². The van der Waals surface area contributed by atoms with Crippen LogP contribution in [0.1, 0.15) is 36.8 Å². The molecular formula is C28H30N4O3. The standard InChI is InChI=1S/C28H30N4O3/c1-28(2,3)24-17-25(32(30-24)22-12-14-23(35-5)15-13-22)29-26(33)18-31(4)27(34)21-11-10-19-8-6-7-9-20(19)16-21/h6-17H,18H2,1-5H3,(H,29,33). The van der Waals surface area contributed by atoms with Crippen molar-refractivity contribution in [3.63, 3.8) is 0 Å². The maximum absolute atomic E-state index is 13.0. The van der Waals surface area contributed by atoms with Gasteiger partial charge in [-0.3, -0.25) is 9.59 Å². The summed E-state index contributed by atoms with van der Waals surface area (Å²) in [6, 6.07) is 22.7. The number of ether oxygens (including phenoxy) is 1. The van der Waals surface area contributed by atoms with E-state index in [1.807, 2.05) is 66.7 Å². The number of likely N-dealkylation sites (N-methyl/N-ethyl adjacent to an activating group) is 1. The molecule has 35 heavy (non-hydrogen) atoms. The predicted octanol–water partition coefficient (Wildman–Crippen LogP) is 5.04. The highest BCUT2D eigenvalue weighted by Gasteiger charge is 2.22. The Kier molecular flexibility index (Phi) is 6.60. The zero-order valence-electron chi connectivity index (χ0n) is 20.7. The second-order valence-corrected chi connectivity index (χ2v) is 9.55. The van der Waals surface area contributed by atoms with Crippen LogP contribution < -0.4 is 10.1 Å². The van der Waals surface area contributed by atoms with E-state index >= 15 is 0 Å². The van der Waals surface area contributed by atoms with Gasteiger partial charge in [-0.25, -0.2) is 4.68 Å². The number of carbonyl (C=O) groups excluding carboxylic acids is 2. The number of anilines is 1. The van der Waals surface area contributed by atoms with Crippen LogP contribution in [0.15, 0.2) is 72.8 Å². The van der Waals surface area contributed by atoms with Gasteiger partial charge in [0.15, 0.2) is 0 Å². The summed E-state index contributed by atoms with van der Waals surface area (Å²) in [6.45, 7) is 6.10. The molecule has 1 heterocycles. The average molecular weight is 471 g/mol. The Bertz CT molecular complexity index is 1370. The van der Waals surface area contributed by atoms with Crippen LogP contribution in [0.2, 0.25) is 0 Å². The molecule has 0 aliphatic carbocycles. The molecule has 4 aromatic rings. The number of nitrogens with one attached hydrogen (secondary N) is 1. The summed E-state index contributed by atoms with van der Waals surface area (Å²) in [6.07, 6.45) is 0. The normalized spacial score (nSPS) is 11.3. The third-order valence-electron chi connectivity index (χ3n) is 5.79. The van der Waals surface area contributed by atoms with Gasteiger partial charge in [-0.2, -0.15) is 5.10 Å². The maximum Gasteiger partial charge on any atom is 0.254 e. The molecule has 0 aliphatic rings. The number of benzene rings is 3. The minimum Gasteiger partial charge on any atom is -0.497 e. The van der Waals surface area contributed by atoms with Crippen LogP contribution in [0.25, 0.3) is 16.5 Å². The predicted molar refractivity (Wildman–Crippen MR) is 138 cm³/mol. The Morgan fingerprint density at radius 1 is 0.971 bits per heavy atom. The van der Waals surface area contributed by atoms with Gasteiger partial charge in [-0.05, 0) is 47.2 Å².